The van der Waals surface area contributed by atoms with E-state index in [1.165, 1.54) is 0 Å². The van der Waals surface area contributed by atoms with Crippen molar-refractivity contribution in [2.75, 3.05) is 18.0 Å². The standard InChI is InChI=1S/C11H14N2O2S/c12-11(16)7-1-3-8(4-2-7)13-5-9(14)10(15)6-13/h1-4,9-10,14-15H,5-6H2,(H2,12,16). The fourth-order valence-electron chi connectivity index (χ4n) is 1.82. The Hall–Kier alpha value is -1.17. The minimum atomic E-state index is -0.671. The Morgan fingerprint density at radius 3 is 2.12 bits per heavy atom. The summed E-state index contributed by atoms with van der Waals surface area (Å²) >= 11 is 4.86. The maximum absolute atomic E-state index is 9.44. The van der Waals surface area contributed by atoms with E-state index >= 15 is 0 Å². The molecule has 2 rings (SSSR count). The Labute approximate surface area is 99.3 Å². The molecule has 1 aliphatic rings. The van der Waals surface area contributed by atoms with Gasteiger partial charge in [0.15, 0.2) is 0 Å². The highest BCUT2D eigenvalue weighted by Gasteiger charge is 2.29. The van der Waals surface area contributed by atoms with Gasteiger partial charge in [0.05, 0.1) is 12.2 Å². The number of nitrogens with zero attached hydrogens (tertiary/aromatic N) is 1. The molecule has 2 atom stereocenters. The van der Waals surface area contributed by atoms with Crippen molar-refractivity contribution < 1.29 is 10.2 Å². The number of hydrogen-bond donors (Lipinski definition) is 3. The van der Waals surface area contributed by atoms with Crippen LogP contribution < -0.4 is 10.6 Å². The van der Waals surface area contributed by atoms with Gasteiger partial charge in [0.25, 0.3) is 0 Å². The van der Waals surface area contributed by atoms with E-state index in [2.05, 4.69) is 0 Å². The summed E-state index contributed by atoms with van der Waals surface area (Å²) < 4.78 is 0. The van der Waals surface area contributed by atoms with Crippen molar-refractivity contribution in [3.63, 3.8) is 0 Å². The van der Waals surface area contributed by atoms with Crippen molar-refractivity contribution in [3.8, 4) is 0 Å². The van der Waals surface area contributed by atoms with Gasteiger partial charge < -0.3 is 20.8 Å². The summed E-state index contributed by atoms with van der Waals surface area (Å²) in [7, 11) is 0. The number of benzene rings is 1. The van der Waals surface area contributed by atoms with Gasteiger partial charge in [0.2, 0.25) is 0 Å². The summed E-state index contributed by atoms with van der Waals surface area (Å²) in [5, 5.41) is 18.9. The molecule has 1 fully saturated rings. The van der Waals surface area contributed by atoms with Crippen molar-refractivity contribution in [1.82, 2.24) is 0 Å². The van der Waals surface area contributed by atoms with Gasteiger partial charge >= 0.3 is 0 Å². The van der Waals surface area contributed by atoms with E-state index in [9.17, 15) is 10.2 Å². The van der Waals surface area contributed by atoms with Gasteiger partial charge in [-0.3, -0.25) is 0 Å². The number of thiocarbonyl (C=S) groups is 1. The average molecular weight is 238 g/mol. The average Bonchev–Trinajstić information content (AvgIpc) is 2.59. The van der Waals surface area contributed by atoms with Crippen LogP contribution in [0.3, 0.4) is 0 Å². The van der Waals surface area contributed by atoms with Gasteiger partial charge in [0.1, 0.15) is 4.99 Å². The molecule has 16 heavy (non-hydrogen) atoms. The van der Waals surface area contributed by atoms with Crippen molar-refractivity contribution in [3.05, 3.63) is 29.8 Å². The summed E-state index contributed by atoms with van der Waals surface area (Å²) in [5.74, 6) is 0. The molecule has 0 spiro atoms. The van der Waals surface area contributed by atoms with Gasteiger partial charge in [-0.2, -0.15) is 0 Å². The van der Waals surface area contributed by atoms with Crippen molar-refractivity contribution >= 4 is 22.9 Å². The minimum absolute atomic E-state index is 0.369. The highest BCUT2D eigenvalue weighted by atomic mass is 32.1. The predicted octanol–water partition coefficient (Wildman–Crippen LogP) is -0.137. The monoisotopic (exact) mass is 238 g/mol. The van der Waals surface area contributed by atoms with E-state index < -0.39 is 12.2 Å². The summed E-state index contributed by atoms with van der Waals surface area (Å²) in [5.41, 5.74) is 7.27. The lowest BCUT2D eigenvalue weighted by Crippen LogP contribution is -2.22. The first-order chi connectivity index (χ1) is 7.58. The molecule has 1 aliphatic heterocycles. The van der Waals surface area contributed by atoms with E-state index in [1.54, 1.807) is 0 Å². The van der Waals surface area contributed by atoms with Crippen LogP contribution in [0.4, 0.5) is 5.69 Å². The first-order valence-corrected chi connectivity index (χ1v) is 5.49. The molecule has 1 heterocycles. The largest absolute Gasteiger partial charge is 0.389 e. The predicted molar refractivity (Wildman–Crippen MR) is 66.6 cm³/mol. The molecule has 2 unspecified atom stereocenters. The molecule has 1 saturated heterocycles. The Morgan fingerprint density at radius 2 is 1.69 bits per heavy atom. The zero-order chi connectivity index (χ0) is 11.7. The Bertz CT molecular complexity index is 383. The van der Waals surface area contributed by atoms with Crippen molar-refractivity contribution in [2.45, 2.75) is 12.2 Å². The smallest absolute Gasteiger partial charge is 0.103 e. The molecule has 0 radical (unpaired) electrons. The lowest BCUT2D eigenvalue weighted by atomic mass is 10.2. The second-order valence-corrected chi connectivity index (χ2v) is 4.39. The fourth-order valence-corrected chi connectivity index (χ4v) is 1.95. The quantitative estimate of drug-likeness (QED) is 0.626. The fraction of sp³-hybridized carbons (Fsp3) is 0.364. The molecule has 4 nitrogen and oxygen atoms in total. The van der Waals surface area contributed by atoms with E-state index in [4.69, 9.17) is 18.0 Å². The molecule has 5 heteroatoms. The third-order valence-corrected chi connectivity index (χ3v) is 3.01. The molecule has 0 aromatic heterocycles. The van der Waals surface area contributed by atoms with Crippen LogP contribution in [0.1, 0.15) is 5.56 Å². The van der Waals surface area contributed by atoms with Crippen LogP contribution in [-0.4, -0.2) is 40.5 Å². The topological polar surface area (TPSA) is 69.7 Å². The SMILES string of the molecule is NC(=S)c1ccc(N2CC(O)C(O)C2)cc1. The summed E-state index contributed by atoms with van der Waals surface area (Å²) in [4.78, 5) is 2.30. The number of anilines is 1. The number of rotatable bonds is 2. The van der Waals surface area contributed by atoms with Crippen LogP contribution in [0.25, 0.3) is 0 Å². The molecule has 1 aromatic rings. The zero-order valence-corrected chi connectivity index (χ0v) is 9.52. The van der Waals surface area contributed by atoms with Crippen LogP contribution in [0, 0.1) is 0 Å². The Kier molecular flexibility index (Phi) is 3.09. The molecule has 0 amide bonds. The first-order valence-electron chi connectivity index (χ1n) is 5.09. The second kappa shape index (κ2) is 4.37. The highest BCUT2D eigenvalue weighted by Crippen LogP contribution is 2.21. The van der Waals surface area contributed by atoms with E-state index in [0.717, 1.165) is 11.3 Å². The van der Waals surface area contributed by atoms with Gasteiger partial charge in [-0.05, 0) is 24.3 Å². The lowest BCUT2D eigenvalue weighted by molar-refractivity contribution is 0.0572. The van der Waals surface area contributed by atoms with Crippen LogP contribution in [0.5, 0.6) is 0 Å². The molecular weight excluding hydrogens is 224 g/mol. The van der Waals surface area contributed by atoms with E-state index in [-0.39, 0.29) is 0 Å². The molecule has 86 valence electrons. The Morgan fingerprint density at radius 1 is 1.19 bits per heavy atom. The minimum Gasteiger partial charge on any atom is -0.389 e. The van der Waals surface area contributed by atoms with Crippen LogP contribution in [0.15, 0.2) is 24.3 Å². The third-order valence-electron chi connectivity index (χ3n) is 2.78. The number of hydrogen-bond acceptors (Lipinski definition) is 4. The number of aliphatic hydroxyl groups is 2. The van der Waals surface area contributed by atoms with E-state index in [0.29, 0.717) is 18.1 Å². The normalized spacial score (nSPS) is 24.8. The third kappa shape index (κ3) is 2.16. The Balaban J connectivity index is 2.14. The summed E-state index contributed by atoms with van der Waals surface area (Å²) in [6.07, 6.45) is -1.34. The van der Waals surface area contributed by atoms with Crippen LogP contribution in [-0.2, 0) is 0 Å². The van der Waals surface area contributed by atoms with Gasteiger partial charge in [0, 0.05) is 24.3 Å². The van der Waals surface area contributed by atoms with Crippen LogP contribution >= 0.6 is 12.2 Å². The molecule has 0 bridgehead atoms. The molecule has 0 saturated carbocycles. The maximum atomic E-state index is 9.44. The lowest BCUT2D eigenvalue weighted by Gasteiger charge is -2.17. The maximum Gasteiger partial charge on any atom is 0.103 e. The zero-order valence-electron chi connectivity index (χ0n) is 8.71. The second-order valence-electron chi connectivity index (χ2n) is 3.95. The number of aliphatic hydroxyl groups excluding tert-OH is 2. The van der Waals surface area contributed by atoms with Gasteiger partial charge in [-0.15, -0.1) is 0 Å². The van der Waals surface area contributed by atoms with E-state index in [1.807, 2.05) is 29.2 Å². The molecule has 1 aromatic carbocycles. The summed E-state index contributed by atoms with van der Waals surface area (Å²) in [6, 6.07) is 7.46. The first kappa shape index (κ1) is 11.3. The van der Waals surface area contributed by atoms with Gasteiger partial charge in [-0.25, -0.2) is 0 Å². The highest BCUT2D eigenvalue weighted by molar-refractivity contribution is 7.80. The molecule has 4 N–H and O–H groups in total. The van der Waals surface area contributed by atoms with Crippen molar-refractivity contribution in [1.29, 1.82) is 0 Å². The van der Waals surface area contributed by atoms with Gasteiger partial charge in [-0.1, -0.05) is 12.2 Å². The molecular formula is C11H14N2O2S. The number of nitrogens with two attached hydrogens (primary N) is 1. The van der Waals surface area contributed by atoms with Crippen LogP contribution in [0.2, 0.25) is 0 Å². The molecule has 0 aliphatic carbocycles. The summed E-state index contributed by atoms with van der Waals surface area (Å²) in [6.45, 7) is 0.904. The van der Waals surface area contributed by atoms with Crippen molar-refractivity contribution in [2.24, 2.45) is 5.73 Å². The number of β-amino-alcohol motifs (C(OH)–C–C–N with tert-alkyl or cyclic N) is 2.